The number of alkyl halides is 2. The summed E-state index contributed by atoms with van der Waals surface area (Å²) in [6, 6.07) is 13.7. The van der Waals surface area contributed by atoms with Crippen molar-refractivity contribution in [1.82, 2.24) is 4.57 Å². The topological polar surface area (TPSA) is 51.5 Å². The Balaban J connectivity index is 1.82. The highest BCUT2D eigenvalue weighted by atomic mass is 19.3. The molecule has 6 heteroatoms. The van der Waals surface area contributed by atoms with Crippen molar-refractivity contribution in [3.8, 4) is 11.8 Å². The summed E-state index contributed by atoms with van der Waals surface area (Å²) in [6.45, 7) is 4.87. The minimum absolute atomic E-state index is 0.0457. The van der Waals surface area contributed by atoms with Crippen LogP contribution in [0.5, 0.6) is 0 Å². The lowest BCUT2D eigenvalue weighted by molar-refractivity contribution is -0.153. The first-order valence-corrected chi connectivity index (χ1v) is 10.1. The van der Waals surface area contributed by atoms with Crippen molar-refractivity contribution in [1.29, 1.82) is 0 Å². The van der Waals surface area contributed by atoms with Crippen LogP contribution in [0.4, 0.5) is 8.78 Å². The van der Waals surface area contributed by atoms with E-state index in [1.54, 1.807) is 12.1 Å². The van der Waals surface area contributed by atoms with Gasteiger partial charge >= 0.3 is 5.97 Å². The second-order valence-corrected chi connectivity index (χ2v) is 7.78. The Morgan fingerprint density at radius 1 is 1.16 bits per heavy atom. The SMILES string of the molecule is CC(C)OC(Cc1cn(CC#Cc2ccc(C(C)(F)F)cc2)c2ccccc12)C(=O)O. The zero-order chi connectivity index (χ0) is 22.6. The Morgan fingerprint density at radius 2 is 1.84 bits per heavy atom. The summed E-state index contributed by atoms with van der Waals surface area (Å²) in [5.41, 5.74) is 2.43. The first-order chi connectivity index (χ1) is 14.6. The zero-order valence-electron chi connectivity index (χ0n) is 17.7. The van der Waals surface area contributed by atoms with Gasteiger partial charge in [-0.15, -0.1) is 0 Å². The van der Waals surface area contributed by atoms with Crippen LogP contribution < -0.4 is 0 Å². The number of carboxylic acids is 1. The van der Waals surface area contributed by atoms with Crippen molar-refractivity contribution >= 4 is 16.9 Å². The number of hydrogen-bond acceptors (Lipinski definition) is 2. The standard InChI is InChI=1S/C25H25F2NO3/c1-17(2)31-23(24(29)30)15-19-16-28(22-9-5-4-8-21(19)22)14-6-7-18-10-12-20(13-11-18)25(3,26)27/h4-5,8-13,16-17,23H,14-15H2,1-3H3,(H,29,30). The molecule has 1 heterocycles. The van der Waals surface area contributed by atoms with E-state index in [1.165, 1.54) is 12.1 Å². The molecule has 3 aromatic rings. The minimum Gasteiger partial charge on any atom is -0.479 e. The van der Waals surface area contributed by atoms with Gasteiger partial charge in [-0.2, -0.15) is 0 Å². The number of halogens is 2. The molecular weight excluding hydrogens is 400 g/mol. The van der Waals surface area contributed by atoms with Crippen molar-refractivity contribution < 1.29 is 23.4 Å². The van der Waals surface area contributed by atoms with E-state index in [4.69, 9.17) is 4.74 Å². The molecule has 1 aromatic heterocycles. The molecule has 0 bridgehead atoms. The highest BCUT2D eigenvalue weighted by Gasteiger charge is 2.24. The molecule has 3 rings (SSSR count). The monoisotopic (exact) mass is 425 g/mol. The molecule has 2 aromatic carbocycles. The van der Waals surface area contributed by atoms with Gasteiger partial charge in [0.1, 0.15) is 0 Å². The lowest BCUT2D eigenvalue weighted by Crippen LogP contribution is -2.29. The molecule has 1 atom stereocenters. The maximum atomic E-state index is 13.3. The summed E-state index contributed by atoms with van der Waals surface area (Å²) in [7, 11) is 0. The average molecular weight is 425 g/mol. The Bertz CT molecular complexity index is 1120. The molecule has 0 radical (unpaired) electrons. The van der Waals surface area contributed by atoms with Gasteiger partial charge in [0, 0.05) is 41.6 Å². The number of rotatable bonds is 7. The maximum Gasteiger partial charge on any atom is 0.333 e. The largest absolute Gasteiger partial charge is 0.479 e. The van der Waals surface area contributed by atoms with E-state index in [0.717, 1.165) is 23.4 Å². The van der Waals surface area contributed by atoms with Crippen LogP contribution >= 0.6 is 0 Å². The molecule has 1 N–H and O–H groups in total. The van der Waals surface area contributed by atoms with Crippen LogP contribution in [-0.4, -0.2) is 27.9 Å². The molecule has 1 unspecified atom stereocenters. The van der Waals surface area contributed by atoms with Crippen LogP contribution in [-0.2, 0) is 28.4 Å². The van der Waals surface area contributed by atoms with E-state index >= 15 is 0 Å². The third-order valence-electron chi connectivity index (χ3n) is 4.86. The third kappa shape index (κ3) is 5.71. The zero-order valence-corrected chi connectivity index (χ0v) is 17.7. The first kappa shape index (κ1) is 22.5. The van der Waals surface area contributed by atoms with Gasteiger partial charge in [0.15, 0.2) is 6.10 Å². The van der Waals surface area contributed by atoms with Crippen LogP contribution in [0.3, 0.4) is 0 Å². The van der Waals surface area contributed by atoms with E-state index in [9.17, 15) is 18.7 Å². The molecule has 0 fully saturated rings. The van der Waals surface area contributed by atoms with Gasteiger partial charge < -0.3 is 14.4 Å². The molecule has 0 saturated heterocycles. The fourth-order valence-electron chi connectivity index (χ4n) is 3.41. The van der Waals surface area contributed by atoms with Crippen LogP contribution in [0.1, 0.15) is 37.5 Å². The summed E-state index contributed by atoms with van der Waals surface area (Å²) in [5, 5.41) is 10.5. The van der Waals surface area contributed by atoms with Crippen molar-refractivity contribution in [2.24, 2.45) is 0 Å². The van der Waals surface area contributed by atoms with E-state index in [0.29, 0.717) is 12.1 Å². The summed E-state index contributed by atoms with van der Waals surface area (Å²) in [6.07, 6.45) is 1.03. The van der Waals surface area contributed by atoms with Gasteiger partial charge in [-0.25, -0.2) is 13.6 Å². The second kappa shape index (κ2) is 9.32. The molecule has 0 aliphatic heterocycles. The van der Waals surface area contributed by atoms with Gasteiger partial charge in [-0.1, -0.05) is 42.2 Å². The Hall–Kier alpha value is -3.17. The van der Waals surface area contributed by atoms with Crippen molar-refractivity contribution in [3.05, 3.63) is 71.4 Å². The molecule has 0 amide bonds. The van der Waals surface area contributed by atoms with Gasteiger partial charge in [0.05, 0.1) is 12.6 Å². The Labute approximate surface area is 180 Å². The number of fused-ring (bicyclic) bond motifs is 1. The molecule has 0 saturated carbocycles. The fourth-order valence-corrected chi connectivity index (χ4v) is 3.41. The van der Waals surface area contributed by atoms with Crippen molar-refractivity contribution in [3.63, 3.8) is 0 Å². The summed E-state index contributed by atoms with van der Waals surface area (Å²) in [5.74, 6) is 2.19. The van der Waals surface area contributed by atoms with Crippen LogP contribution in [0.25, 0.3) is 10.9 Å². The smallest absolute Gasteiger partial charge is 0.333 e. The summed E-state index contributed by atoms with van der Waals surface area (Å²) < 4.78 is 34.2. The molecule has 0 aliphatic carbocycles. The van der Waals surface area contributed by atoms with E-state index in [2.05, 4.69) is 11.8 Å². The van der Waals surface area contributed by atoms with E-state index in [-0.39, 0.29) is 18.1 Å². The molecule has 4 nitrogen and oxygen atoms in total. The number of benzene rings is 2. The average Bonchev–Trinajstić information content (AvgIpc) is 3.04. The number of carboxylic acid groups (broad SMARTS) is 1. The molecular formula is C25H25F2NO3. The van der Waals surface area contributed by atoms with Crippen LogP contribution in [0, 0.1) is 11.8 Å². The molecule has 162 valence electrons. The molecule has 31 heavy (non-hydrogen) atoms. The summed E-state index contributed by atoms with van der Waals surface area (Å²) >= 11 is 0. The quantitative estimate of drug-likeness (QED) is 0.528. The van der Waals surface area contributed by atoms with Gasteiger partial charge in [-0.05, 0) is 37.6 Å². The highest BCUT2D eigenvalue weighted by Crippen LogP contribution is 2.27. The predicted octanol–water partition coefficient (Wildman–Crippen LogP) is 5.23. The van der Waals surface area contributed by atoms with E-state index in [1.807, 2.05) is 48.9 Å². The Kier molecular flexibility index (Phi) is 6.77. The lowest BCUT2D eigenvalue weighted by atomic mass is 10.1. The first-order valence-electron chi connectivity index (χ1n) is 10.1. The minimum atomic E-state index is -2.88. The van der Waals surface area contributed by atoms with Gasteiger partial charge in [-0.3, -0.25) is 0 Å². The number of para-hydroxylation sites is 1. The van der Waals surface area contributed by atoms with Crippen LogP contribution in [0.2, 0.25) is 0 Å². The van der Waals surface area contributed by atoms with Gasteiger partial charge in [0.25, 0.3) is 5.92 Å². The number of ether oxygens (including phenoxy) is 1. The molecule has 0 spiro atoms. The number of hydrogen-bond donors (Lipinski definition) is 1. The number of aromatic nitrogens is 1. The summed E-state index contributed by atoms with van der Waals surface area (Å²) in [4.78, 5) is 11.6. The van der Waals surface area contributed by atoms with Gasteiger partial charge in [0.2, 0.25) is 0 Å². The fraction of sp³-hybridized carbons (Fsp3) is 0.320. The van der Waals surface area contributed by atoms with Crippen molar-refractivity contribution in [2.45, 2.75) is 51.9 Å². The van der Waals surface area contributed by atoms with Crippen molar-refractivity contribution in [2.75, 3.05) is 0 Å². The number of nitrogens with zero attached hydrogens (tertiary/aromatic N) is 1. The lowest BCUT2D eigenvalue weighted by Gasteiger charge is -2.16. The maximum absolute atomic E-state index is 13.3. The normalized spacial score (nSPS) is 12.6. The third-order valence-corrected chi connectivity index (χ3v) is 4.86. The van der Waals surface area contributed by atoms with Crippen LogP contribution in [0.15, 0.2) is 54.7 Å². The predicted molar refractivity (Wildman–Crippen MR) is 116 cm³/mol. The number of carbonyl (C=O) groups is 1. The number of aliphatic carboxylic acids is 1. The van der Waals surface area contributed by atoms with E-state index < -0.39 is 18.0 Å². The Morgan fingerprint density at radius 3 is 2.45 bits per heavy atom. The highest BCUT2D eigenvalue weighted by molar-refractivity contribution is 5.85. The second-order valence-electron chi connectivity index (χ2n) is 7.78. The molecule has 0 aliphatic rings.